The minimum atomic E-state index is -0.182. The van der Waals surface area contributed by atoms with Gasteiger partial charge in [-0.3, -0.25) is 9.79 Å². The van der Waals surface area contributed by atoms with Crippen LogP contribution in [0.15, 0.2) is 21.7 Å². The lowest BCUT2D eigenvalue weighted by Crippen LogP contribution is -2.47. The highest BCUT2D eigenvalue weighted by Crippen LogP contribution is 2.13. The van der Waals surface area contributed by atoms with Crippen molar-refractivity contribution in [2.45, 2.75) is 59.0 Å². The Kier molecular flexibility index (Phi) is 7.26. The van der Waals surface area contributed by atoms with E-state index < -0.39 is 0 Å². The van der Waals surface area contributed by atoms with Crippen molar-refractivity contribution in [3.8, 4) is 0 Å². The fourth-order valence-corrected chi connectivity index (χ4v) is 3.30. The highest BCUT2D eigenvalue weighted by atomic mass is 16.3. The van der Waals surface area contributed by atoms with Gasteiger partial charge in [0.2, 0.25) is 0 Å². The Morgan fingerprint density at radius 1 is 1.38 bits per heavy atom. The van der Waals surface area contributed by atoms with Gasteiger partial charge in [-0.1, -0.05) is 6.92 Å². The molecule has 3 heterocycles. The van der Waals surface area contributed by atoms with E-state index in [0.717, 1.165) is 61.9 Å². The van der Waals surface area contributed by atoms with Crippen molar-refractivity contribution >= 4 is 11.9 Å². The Labute approximate surface area is 171 Å². The third kappa shape index (κ3) is 5.58. The lowest BCUT2D eigenvalue weighted by atomic mass is 10.1. The third-order valence-corrected chi connectivity index (χ3v) is 4.86. The summed E-state index contributed by atoms with van der Waals surface area (Å²) in [6.07, 6.45) is 5.06. The minimum absolute atomic E-state index is 0.182. The van der Waals surface area contributed by atoms with E-state index in [0.29, 0.717) is 18.8 Å². The number of hydrogen-bond donors (Lipinski definition) is 3. The van der Waals surface area contributed by atoms with E-state index in [9.17, 15) is 4.79 Å². The first-order valence-electron chi connectivity index (χ1n) is 10.4. The van der Waals surface area contributed by atoms with Crippen molar-refractivity contribution in [3.05, 3.63) is 35.3 Å². The van der Waals surface area contributed by atoms with Gasteiger partial charge in [0.15, 0.2) is 17.5 Å². The van der Waals surface area contributed by atoms with Gasteiger partial charge in [0.05, 0.1) is 12.8 Å². The predicted octanol–water partition coefficient (Wildman–Crippen LogP) is 1.43. The van der Waals surface area contributed by atoms with Crippen LogP contribution in [0, 0.1) is 6.92 Å². The normalized spacial score (nSPS) is 16.4. The number of nitrogens with one attached hydrogen (secondary N) is 3. The molecule has 0 spiro atoms. The quantitative estimate of drug-likeness (QED) is 0.351. The van der Waals surface area contributed by atoms with E-state index in [4.69, 9.17) is 4.42 Å². The van der Waals surface area contributed by atoms with Gasteiger partial charge in [-0.2, -0.15) is 5.10 Å². The molecule has 0 saturated heterocycles. The van der Waals surface area contributed by atoms with Gasteiger partial charge < -0.3 is 20.4 Å². The molecular weight excluding hydrogens is 370 g/mol. The second-order valence-corrected chi connectivity index (χ2v) is 7.16. The summed E-state index contributed by atoms with van der Waals surface area (Å²) in [5.41, 5.74) is 0.841. The molecule has 0 aromatic carbocycles. The number of nitrogens with zero attached hydrogens (tertiary/aromatic N) is 4. The van der Waals surface area contributed by atoms with Gasteiger partial charge in [0, 0.05) is 44.1 Å². The molecule has 1 aliphatic heterocycles. The first-order chi connectivity index (χ1) is 14.1. The van der Waals surface area contributed by atoms with Crippen LogP contribution in [0.1, 0.15) is 54.5 Å². The summed E-state index contributed by atoms with van der Waals surface area (Å²) in [6, 6.07) is 2.05. The predicted molar refractivity (Wildman–Crippen MR) is 111 cm³/mol. The van der Waals surface area contributed by atoms with Gasteiger partial charge >= 0.3 is 0 Å². The highest BCUT2D eigenvalue weighted by molar-refractivity contribution is 5.92. The van der Waals surface area contributed by atoms with Crippen molar-refractivity contribution in [1.29, 1.82) is 0 Å². The van der Waals surface area contributed by atoms with Gasteiger partial charge in [-0.15, -0.1) is 0 Å². The number of aliphatic imine (C=N–C) groups is 1. The summed E-state index contributed by atoms with van der Waals surface area (Å²) in [6.45, 7) is 8.74. The van der Waals surface area contributed by atoms with Gasteiger partial charge in [-0.25, -0.2) is 9.67 Å². The number of fused-ring (bicyclic) bond motifs is 1. The number of guanidine groups is 1. The van der Waals surface area contributed by atoms with Gasteiger partial charge in [-0.05, 0) is 32.8 Å². The van der Waals surface area contributed by atoms with E-state index in [1.165, 1.54) is 6.26 Å². The molecule has 9 heteroatoms. The zero-order valence-electron chi connectivity index (χ0n) is 17.5. The average Bonchev–Trinajstić information content (AvgIpc) is 3.32. The SMILES string of the molecule is CCNC(=NCCCNC(=O)c1occc1C)NC1CCc2nc(CC)nn2C1. The molecular formula is C20H31N7O2. The minimum Gasteiger partial charge on any atom is -0.459 e. The molecule has 1 amide bonds. The van der Waals surface area contributed by atoms with Crippen LogP contribution in [0.5, 0.6) is 0 Å². The number of amides is 1. The lowest BCUT2D eigenvalue weighted by molar-refractivity contribution is 0.0925. The second kappa shape index (κ2) is 10.1. The Morgan fingerprint density at radius 2 is 2.24 bits per heavy atom. The Balaban J connectivity index is 1.45. The largest absolute Gasteiger partial charge is 0.459 e. The second-order valence-electron chi connectivity index (χ2n) is 7.16. The summed E-state index contributed by atoms with van der Waals surface area (Å²) in [5, 5.41) is 14.2. The van der Waals surface area contributed by atoms with Crippen LogP contribution in [0.2, 0.25) is 0 Å². The zero-order chi connectivity index (χ0) is 20.6. The number of aryl methyl sites for hydroxylation is 3. The molecule has 0 bridgehead atoms. The molecule has 29 heavy (non-hydrogen) atoms. The first kappa shape index (κ1) is 20.9. The summed E-state index contributed by atoms with van der Waals surface area (Å²) in [4.78, 5) is 21.2. The first-order valence-corrected chi connectivity index (χ1v) is 10.4. The topological polar surface area (TPSA) is 109 Å². The summed E-state index contributed by atoms with van der Waals surface area (Å²) in [7, 11) is 0. The smallest absolute Gasteiger partial charge is 0.287 e. The molecule has 1 atom stereocenters. The Hall–Kier alpha value is -2.84. The highest BCUT2D eigenvalue weighted by Gasteiger charge is 2.22. The molecule has 0 radical (unpaired) electrons. The number of hydrogen-bond acceptors (Lipinski definition) is 5. The third-order valence-electron chi connectivity index (χ3n) is 4.86. The molecule has 2 aromatic heterocycles. The molecule has 9 nitrogen and oxygen atoms in total. The van der Waals surface area contributed by atoms with E-state index in [2.05, 4.69) is 37.9 Å². The van der Waals surface area contributed by atoms with Gasteiger partial charge in [0.25, 0.3) is 5.91 Å². The van der Waals surface area contributed by atoms with Crippen LogP contribution < -0.4 is 16.0 Å². The van der Waals surface area contributed by atoms with Crippen molar-refractivity contribution < 1.29 is 9.21 Å². The molecule has 0 fully saturated rings. The molecule has 0 aliphatic carbocycles. The molecule has 0 saturated carbocycles. The number of carbonyl (C=O) groups excluding carboxylic acids is 1. The molecule has 1 unspecified atom stereocenters. The van der Waals surface area contributed by atoms with Crippen LogP contribution in [0.3, 0.4) is 0 Å². The van der Waals surface area contributed by atoms with Crippen molar-refractivity contribution in [2.24, 2.45) is 4.99 Å². The van der Waals surface area contributed by atoms with Crippen molar-refractivity contribution in [1.82, 2.24) is 30.7 Å². The summed E-state index contributed by atoms with van der Waals surface area (Å²) in [5.74, 6) is 2.97. The maximum atomic E-state index is 12.0. The van der Waals surface area contributed by atoms with E-state index in [1.54, 1.807) is 6.07 Å². The Bertz CT molecular complexity index is 840. The number of furan rings is 1. The van der Waals surface area contributed by atoms with Crippen LogP contribution >= 0.6 is 0 Å². The number of rotatable bonds is 8. The summed E-state index contributed by atoms with van der Waals surface area (Å²) >= 11 is 0. The van der Waals surface area contributed by atoms with Gasteiger partial charge in [0.1, 0.15) is 5.82 Å². The van der Waals surface area contributed by atoms with E-state index in [1.807, 2.05) is 18.5 Å². The Morgan fingerprint density at radius 3 is 2.97 bits per heavy atom. The lowest BCUT2D eigenvalue weighted by Gasteiger charge is -2.25. The monoisotopic (exact) mass is 401 g/mol. The maximum absolute atomic E-state index is 12.0. The van der Waals surface area contributed by atoms with Crippen LogP contribution in [-0.4, -0.2) is 52.3 Å². The molecule has 3 rings (SSSR count). The number of aromatic nitrogens is 3. The fourth-order valence-electron chi connectivity index (χ4n) is 3.30. The molecule has 2 aromatic rings. The molecule has 3 N–H and O–H groups in total. The van der Waals surface area contributed by atoms with Crippen LogP contribution in [0.25, 0.3) is 0 Å². The van der Waals surface area contributed by atoms with Crippen LogP contribution in [0.4, 0.5) is 0 Å². The molecule has 158 valence electrons. The van der Waals surface area contributed by atoms with Crippen LogP contribution in [-0.2, 0) is 19.4 Å². The van der Waals surface area contributed by atoms with Crippen molar-refractivity contribution in [2.75, 3.05) is 19.6 Å². The maximum Gasteiger partial charge on any atom is 0.287 e. The average molecular weight is 402 g/mol. The number of carbonyl (C=O) groups is 1. The molecule has 1 aliphatic rings. The van der Waals surface area contributed by atoms with Crippen molar-refractivity contribution in [3.63, 3.8) is 0 Å². The zero-order valence-corrected chi connectivity index (χ0v) is 17.5. The standard InChI is InChI=1S/C20H31N7O2/c1-4-16-25-17-8-7-15(13-27(17)26-16)24-20(21-5-2)23-11-6-10-22-19(28)18-14(3)9-12-29-18/h9,12,15H,4-8,10-11,13H2,1-3H3,(H,22,28)(H2,21,23,24). The van der Waals surface area contributed by atoms with E-state index in [-0.39, 0.29) is 11.9 Å². The summed E-state index contributed by atoms with van der Waals surface area (Å²) < 4.78 is 7.21. The fraction of sp³-hybridized carbons (Fsp3) is 0.600. The van der Waals surface area contributed by atoms with E-state index >= 15 is 0 Å².